The average molecular weight is 330 g/mol. The molecule has 1 aromatic rings. The molecule has 0 aromatic heterocycles. The van der Waals surface area contributed by atoms with Gasteiger partial charge in [-0.05, 0) is 18.2 Å². The largest absolute Gasteiger partial charge is 0.508 e. The second-order valence-electron chi connectivity index (χ2n) is 4.33. The van der Waals surface area contributed by atoms with Crippen molar-refractivity contribution in [3.63, 3.8) is 0 Å². The summed E-state index contributed by atoms with van der Waals surface area (Å²) in [7, 11) is 0. The molecule has 0 bridgehead atoms. The third-order valence-corrected chi connectivity index (χ3v) is 2.38. The van der Waals surface area contributed by atoms with E-state index in [1.807, 2.05) is 0 Å². The fraction of sp³-hybridized carbons (Fsp3) is 0.231. The summed E-state index contributed by atoms with van der Waals surface area (Å²) in [4.78, 5) is 40.7. The van der Waals surface area contributed by atoms with Crippen molar-refractivity contribution >= 4 is 23.9 Å². The van der Waals surface area contributed by atoms with E-state index >= 15 is 0 Å². The molecule has 0 aliphatic rings. The first-order valence-corrected chi connectivity index (χ1v) is 5.89. The maximum atomic E-state index is 10.3. The minimum atomic E-state index is -2.74. The summed E-state index contributed by atoms with van der Waals surface area (Å²) in [5, 5.41) is 51.0. The van der Waals surface area contributed by atoms with Gasteiger partial charge in [-0.25, -0.2) is 9.59 Å². The average Bonchev–Trinajstić information content (AvgIpc) is 2.37. The zero-order valence-electron chi connectivity index (χ0n) is 11.5. The van der Waals surface area contributed by atoms with E-state index in [9.17, 15) is 19.2 Å². The number of carboxylic acids is 4. The van der Waals surface area contributed by atoms with Crippen LogP contribution in [0, 0.1) is 0 Å². The molecular weight excluding hydrogens is 316 g/mol. The lowest BCUT2D eigenvalue weighted by Crippen LogP contribution is -2.42. The highest BCUT2D eigenvalue weighted by molar-refractivity contribution is 5.88. The first-order valence-electron chi connectivity index (χ1n) is 5.89. The summed E-state index contributed by atoms with van der Waals surface area (Å²) < 4.78 is 0. The molecule has 10 heteroatoms. The number of carboxylic acid groups (broad SMARTS) is 4. The number of aromatic carboxylic acids is 1. The molecule has 10 nitrogen and oxygen atoms in total. The van der Waals surface area contributed by atoms with Crippen molar-refractivity contribution in [1.82, 2.24) is 0 Å². The van der Waals surface area contributed by atoms with E-state index in [0.717, 1.165) is 0 Å². The summed E-state index contributed by atoms with van der Waals surface area (Å²) in [6.45, 7) is 0. The number of phenols is 1. The highest BCUT2D eigenvalue weighted by Gasteiger charge is 2.40. The van der Waals surface area contributed by atoms with Gasteiger partial charge in [0.1, 0.15) is 5.75 Å². The van der Waals surface area contributed by atoms with Crippen molar-refractivity contribution in [2.24, 2.45) is 0 Å². The van der Waals surface area contributed by atoms with Crippen molar-refractivity contribution in [1.29, 1.82) is 0 Å². The van der Waals surface area contributed by atoms with E-state index in [0.29, 0.717) is 0 Å². The molecular formula is C13H14O10. The number of aliphatic hydroxyl groups is 1. The SMILES string of the molecule is O=C(O)CC(O)(CC(=O)O)C(=O)O.O=C(O)c1cccc(O)c1. The van der Waals surface area contributed by atoms with Gasteiger partial charge in [0.05, 0.1) is 18.4 Å². The summed E-state index contributed by atoms with van der Waals surface area (Å²) in [6, 6.07) is 5.52. The van der Waals surface area contributed by atoms with Crippen LogP contribution >= 0.6 is 0 Å². The van der Waals surface area contributed by atoms with E-state index in [4.69, 9.17) is 30.6 Å². The van der Waals surface area contributed by atoms with Crippen LogP contribution in [0.2, 0.25) is 0 Å². The van der Waals surface area contributed by atoms with Crippen LogP contribution in [0.5, 0.6) is 5.75 Å². The van der Waals surface area contributed by atoms with Gasteiger partial charge in [0.15, 0.2) is 5.60 Å². The number of hydrogen-bond donors (Lipinski definition) is 6. The van der Waals surface area contributed by atoms with E-state index in [2.05, 4.69) is 0 Å². The van der Waals surface area contributed by atoms with Crippen LogP contribution in [-0.4, -0.2) is 60.1 Å². The van der Waals surface area contributed by atoms with Gasteiger partial charge in [-0.2, -0.15) is 0 Å². The maximum absolute atomic E-state index is 10.3. The highest BCUT2D eigenvalue weighted by atomic mass is 16.4. The van der Waals surface area contributed by atoms with Gasteiger partial charge < -0.3 is 30.6 Å². The molecule has 23 heavy (non-hydrogen) atoms. The monoisotopic (exact) mass is 330 g/mol. The quantitative estimate of drug-likeness (QED) is 0.408. The van der Waals surface area contributed by atoms with Crippen LogP contribution in [0.25, 0.3) is 0 Å². The van der Waals surface area contributed by atoms with Crippen LogP contribution in [0.3, 0.4) is 0 Å². The van der Waals surface area contributed by atoms with Crippen LogP contribution in [-0.2, 0) is 14.4 Å². The number of carbonyl (C=O) groups is 4. The highest BCUT2D eigenvalue weighted by Crippen LogP contribution is 2.15. The molecule has 0 saturated carbocycles. The predicted molar refractivity (Wildman–Crippen MR) is 72.2 cm³/mol. The lowest BCUT2D eigenvalue weighted by atomic mass is 9.96. The van der Waals surface area contributed by atoms with E-state index in [1.54, 1.807) is 0 Å². The summed E-state index contributed by atoms with van der Waals surface area (Å²) in [6.07, 6.45) is -2.29. The maximum Gasteiger partial charge on any atom is 0.336 e. The summed E-state index contributed by atoms with van der Waals surface area (Å²) in [5.74, 6) is -6.08. The fourth-order valence-corrected chi connectivity index (χ4v) is 1.35. The Morgan fingerprint density at radius 3 is 1.65 bits per heavy atom. The molecule has 6 N–H and O–H groups in total. The Morgan fingerprint density at radius 2 is 1.39 bits per heavy atom. The molecule has 0 aliphatic heterocycles. The Balaban J connectivity index is 0.000000433. The molecule has 0 spiro atoms. The summed E-state index contributed by atoms with van der Waals surface area (Å²) >= 11 is 0. The van der Waals surface area contributed by atoms with Gasteiger partial charge >= 0.3 is 23.9 Å². The third kappa shape index (κ3) is 7.43. The van der Waals surface area contributed by atoms with Gasteiger partial charge in [0, 0.05) is 0 Å². The van der Waals surface area contributed by atoms with E-state index < -0.39 is 42.3 Å². The molecule has 126 valence electrons. The van der Waals surface area contributed by atoms with Crippen molar-refractivity contribution in [3.05, 3.63) is 29.8 Å². The van der Waals surface area contributed by atoms with Gasteiger partial charge in [0.2, 0.25) is 0 Å². The fourth-order valence-electron chi connectivity index (χ4n) is 1.35. The van der Waals surface area contributed by atoms with Gasteiger partial charge in [0.25, 0.3) is 0 Å². The molecule has 0 unspecified atom stereocenters. The van der Waals surface area contributed by atoms with Crippen molar-refractivity contribution < 1.29 is 49.8 Å². The Morgan fingerprint density at radius 1 is 0.913 bits per heavy atom. The van der Waals surface area contributed by atoms with Crippen molar-refractivity contribution in [3.8, 4) is 5.75 Å². The molecule has 0 saturated heterocycles. The molecule has 0 amide bonds. The van der Waals surface area contributed by atoms with Gasteiger partial charge in [-0.1, -0.05) is 6.07 Å². The first kappa shape index (κ1) is 19.9. The first-order chi connectivity index (χ1) is 10.5. The molecule has 0 heterocycles. The lowest BCUT2D eigenvalue weighted by Gasteiger charge is -2.18. The second-order valence-corrected chi connectivity index (χ2v) is 4.33. The zero-order chi connectivity index (χ0) is 18.2. The lowest BCUT2D eigenvalue weighted by molar-refractivity contribution is -0.170. The molecule has 0 fully saturated rings. The Labute approximate surface area is 128 Å². The molecule has 1 rings (SSSR count). The number of aromatic hydroxyl groups is 1. The number of benzene rings is 1. The molecule has 1 aromatic carbocycles. The smallest absolute Gasteiger partial charge is 0.336 e. The van der Waals surface area contributed by atoms with Crippen molar-refractivity contribution in [2.75, 3.05) is 0 Å². The van der Waals surface area contributed by atoms with E-state index in [-0.39, 0.29) is 11.3 Å². The molecule has 0 atom stereocenters. The van der Waals surface area contributed by atoms with Crippen LogP contribution in [0.1, 0.15) is 23.2 Å². The number of hydrogen-bond acceptors (Lipinski definition) is 6. The zero-order valence-corrected chi connectivity index (χ0v) is 11.5. The predicted octanol–water partition coefficient (Wildman–Crippen LogP) is -0.158. The van der Waals surface area contributed by atoms with Gasteiger partial charge in [-0.15, -0.1) is 0 Å². The minimum Gasteiger partial charge on any atom is -0.508 e. The second kappa shape index (κ2) is 8.34. The van der Waals surface area contributed by atoms with Crippen LogP contribution in [0.4, 0.5) is 0 Å². The number of phenolic OH excluding ortho intramolecular Hbond substituents is 1. The van der Waals surface area contributed by atoms with Crippen LogP contribution in [0.15, 0.2) is 24.3 Å². The number of aliphatic carboxylic acids is 3. The van der Waals surface area contributed by atoms with E-state index in [1.165, 1.54) is 24.3 Å². The van der Waals surface area contributed by atoms with Gasteiger partial charge in [-0.3, -0.25) is 9.59 Å². The number of rotatable bonds is 6. The van der Waals surface area contributed by atoms with Crippen molar-refractivity contribution in [2.45, 2.75) is 18.4 Å². The third-order valence-electron chi connectivity index (χ3n) is 2.38. The van der Waals surface area contributed by atoms with Crippen LogP contribution < -0.4 is 0 Å². The normalized spacial score (nSPS) is 10.1. The Hall–Kier alpha value is -3.14. The Kier molecular flexibility index (Phi) is 7.20. The summed E-state index contributed by atoms with van der Waals surface area (Å²) in [5.41, 5.74) is -2.64. The topological polar surface area (TPSA) is 190 Å². The Bertz CT molecular complexity index is 591. The molecule has 0 aliphatic carbocycles. The molecule has 0 radical (unpaired) electrons. The standard InChI is InChI=1S/C7H6O3.C6H8O7/c8-6-3-1-2-5(4-6)7(9)10;7-3(8)1-6(13,5(11)12)2-4(9)10/h1-4,8H,(H,9,10);13H,1-2H2,(H,7,8)(H,9,10)(H,11,12). The minimum absolute atomic E-state index is 0.0279.